The number of aromatic amines is 1. The maximum atomic E-state index is 12.5. The largest absolute Gasteiger partial charge is 0.309 e. The van der Waals surface area contributed by atoms with Crippen LogP contribution in [-0.4, -0.2) is 19.5 Å². The van der Waals surface area contributed by atoms with Crippen molar-refractivity contribution in [2.45, 2.75) is 44.5 Å². The highest BCUT2D eigenvalue weighted by Gasteiger charge is 2.13. The molecular formula is C21H22N4OS2. The van der Waals surface area contributed by atoms with Gasteiger partial charge in [-0.15, -0.1) is 11.3 Å². The van der Waals surface area contributed by atoms with Crippen molar-refractivity contribution in [2.24, 2.45) is 0 Å². The van der Waals surface area contributed by atoms with E-state index >= 15 is 0 Å². The zero-order valence-corrected chi connectivity index (χ0v) is 17.9. The summed E-state index contributed by atoms with van der Waals surface area (Å²) in [6, 6.07) is 8.54. The number of imidazole rings is 1. The van der Waals surface area contributed by atoms with E-state index in [-0.39, 0.29) is 5.56 Å². The van der Waals surface area contributed by atoms with E-state index < -0.39 is 0 Å². The Balaban J connectivity index is 1.57. The fourth-order valence-electron chi connectivity index (χ4n) is 3.11. The molecule has 1 aromatic carbocycles. The minimum absolute atomic E-state index is 0.0601. The summed E-state index contributed by atoms with van der Waals surface area (Å²) in [6.45, 7) is 8.38. The lowest BCUT2D eigenvalue weighted by atomic mass is 10.0. The number of nitrogens with zero attached hydrogens (tertiary/aromatic N) is 3. The second-order valence-corrected chi connectivity index (χ2v) is 9.24. The van der Waals surface area contributed by atoms with Gasteiger partial charge in [-0.1, -0.05) is 37.7 Å². The molecule has 0 radical (unpaired) electrons. The van der Waals surface area contributed by atoms with Crippen molar-refractivity contribution in [3.8, 4) is 5.69 Å². The maximum Gasteiger partial charge on any atom is 0.259 e. The molecule has 1 N–H and O–H groups in total. The van der Waals surface area contributed by atoms with Gasteiger partial charge >= 0.3 is 0 Å². The molecule has 3 aromatic heterocycles. The van der Waals surface area contributed by atoms with Crippen molar-refractivity contribution in [1.29, 1.82) is 0 Å². The normalized spacial score (nSPS) is 11.6. The first-order valence-electron chi connectivity index (χ1n) is 9.19. The first kappa shape index (κ1) is 19.0. The van der Waals surface area contributed by atoms with E-state index in [4.69, 9.17) is 0 Å². The third kappa shape index (κ3) is 3.52. The van der Waals surface area contributed by atoms with E-state index in [2.05, 4.69) is 57.6 Å². The van der Waals surface area contributed by atoms with Crippen LogP contribution in [0.5, 0.6) is 0 Å². The van der Waals surface area contributed by atoms with E-state index in [1.807, 2.05) is 20.0 Å². The van der Waals surface area contributed by atoms with Gasteiger partial charge < -0.3 is 4.98 Å². The number of H-pyrrole nitrogens is 1. The topological polar surface area (TPSA) is 63.6 Å². The third-order valence-corrected chi connectivity index (χ3v) is 6.95. The quantitative estimate of drug-likeness (QED) is 0.459. The molecule has 0 spiro atoms. The molecule has 7 heteroatoms. The van der Waals surface area contributed by atoms with Gasteiger partial charge in [0.15, 0.2) is 5.16 Å². The first-order valence-corrected chi connectivity index (χ1v) is 11.0. The molecule has 0 unspecified atom stereocenters. The van der Waals surface area contributed by atoms with E-state index in [9.17, 15) is 4.79 Å². The van der Waals surface area contributed by atoms with Crippen LogP contribution in [0.15, 0.2) is 46.6 Å². The van der Waals surface area contributed by atoms with Crippen molar-refractivity contribution < 1.29 is 0 Å². The monoisotopic (exact) mass is 410 g/mol. The van der Waals surface area contributed by atoms with E-state index in [0.29, 0.717) is 22.9 Å². The highest BCUT2D eigenvalue weighted by molar-refractivity contribution is 7.98. The summed E-state index contributed by atoms with van der Waals surface area (Å²) < 4.78 is 2.06. The van der Waals surface area contributed by atoms with Gasteiger partial charge in [-0.25, -0.2) is 9.97 Å². The average Bonchev–Trinajstić information content (AvgIpc) is 3.25. The third-order valence-electron chi connectivity index (χ3n) is 4.87. The lowest BCUT2D eigenvalue weighted by Crippen LogP contribution is -2.11. The summed E-state index contributed by atoms with van der Waals surface area (Å²) in [6.07, 6.45) is 3.75. The minimum atomic E-state index is -0.0601. The van der Waals surface area contributed by atoms with Gasteiger partial charge in [-0.2, -0.15) is 0 Å². The number of aromatic nitrogens is 4. The molecule has 3 heterocycles. The van der Waals surface area contributed by atoms with Gasteiger partial charge in [0.2, 0.25) is 0 Å². The van der Waals surface area contributed by atoms with Crippen LogP contribution in [0.2, 0.25) is 0 Å². The predicted molar refractivity (Wildman–Crippen MR) is 117 cm³/mol. The predicted octanol–water partition coefficient (Wildman–Crippen LogP) is 5.20. The Morgan fingerprint density at radius 1 is 1.21 bits per heavy atom. The molecule has 4 rings (SSSR count). The number of fused-ring (bicyclic) bond motifs is 1. The summed E-state index contributed by atoms with van der Waals surface area (Å²) in [4.78, 5) is 26.5. The average molecular weight is 411 g/mol. The van der Waals surface area contributed by atoms with Crippen molar-refractivity contribution >= 4 is 33.3 Å². The summed E-state index contributed by atoms with van der Waals surface area (Å²) >= 11 is 3.14. The molecular weight excluding hydrogens is 388 g/mol. The number of hydrogen-bond donors (Lipinski definition) is 1. The molecule has 0 fully saturated rings. The Kier molecular flexibility index (Phi) is 5.12. The van der Waals surface area contributed by atoms with Crippen molar-refractivity contribution in [1.82, 2.24) is 19.5 Å². The second-order valence-electron chi connectivity index (χ2n) is 7.09. The summed E-state index contributed by atoms with van der Waals surface area (Å²) in [5.41, 5.74) is 3.35. The van der Waals surface area contributed by atoms with Crippen LogP contribution in [0.3, 0.4) is 0 Å². The first-order chi connectivity index (χ1) is 13.4. The lowest BCUT2D eigenvalue weighted by Gasteiger charge is -2.10. The summed E-state index contributed by atoms with van der Waals surface area (Å²) in [5.74, 6) is 1.74. The van der Waals surface area contributed by atoms with E-state index in [0.717, 1.165) is 26.1 Å². The Labute approximate surface area is 171 Å². The number of thiophene rings is 1. The van der Waals surface area contributed by atoms with Gasteiger partial charge in [0.05, 0.1) is 11.1 Å². The van der Waals surface area contributed by atoms with Crippen LogP contribution in [-0.2, 0) is 5.75 Å². The molecule has 4 aromatic rings. The Hall–Kier alpha value is -2.38. The number of rotatable bonds is 5. The van der Waals surface area contributed by atoms with Gasteiger partial charge in [0.1, 0.15) is 10.7 Å². The Morgan fingerprint density at radius 3 is 2.68 bits per heavy atom. The molecule has 144 valence electrons. The van der Waals surface area contributed by atoms with Crippen LogP contribution in [0.25, 0.3) is 15.9 Å². The van der Waals surface area contributed by atoms with Crippen LogP contribution in [0.1, 0.15) is 41.6 Å². The number of aryl methyl sites for hydroxylation is 2. The number of thioether (sulfide) groups is 1. The minimum Gasteiger partial charge on any atom is -0.309 e. The molecule has 0 saturated carbocycles. The van der Waals surface area contributed by atoms with E-state index in [1.165, 1.54) is 5.56 Å². The summed E-state index contributed by atoms with van der Waals surface area (Å²) in [7, 11) is 0. The lowest BCUT2D eigenvalue weighted by molar-refractivity contribution is 0.858. The molecule has 0 aliphatic carbocycles. The van der Waals surface area contributed by atoms with Crippen molar-refractivity contribution in [3.05, 3.63) is 68.8 Å². The van der Waals surface area contributed by atoms with Gasteiger partial charge in [-0.3, -0.25) is 9.36 Å². The molecule has 0 amide bonds. The van der Waals surface area contributed by atoms with Crippen LogP contribution < -0.4 is 5.56 Å². The number of benzene rings is 1. The van der Waals surface area contributed by atoms with Crippen LogP contribution in [0, 0.1) is 13.8 Å². The Morgan fingerprint density at radius 2 is 1.96 bits per heavy atom. The molecule has 0 atom stereocenters. The standard InChI is InChI=1S/C21H22N4OS2/c1-12(2)15-5-7-16(8-6-15)25-10-9-22-21(25)27-11-17-23-19(26)18-13(3)14(4)28-20(18)24-17/h5-10,12H,11H2,1-4H3,(H,23,24,26). The molecule has 5 nitrogen and oxygen atoms in total. The second kappa shape index (κ2) is 7.56. The van der Waals surface area contributed by atoms with Crippen LogP contribution >= 0.6 is 23.1 Å². The molecule has 0 aliphatic rings. The molecule has 0 aliphatic heterocycles. The molecule has 0 bridgehead atoms. The van der Waals surface area contributed by atoms with E-state index in [1.54, 1.807) is 29.3 Å². The SMILES string of the molecule is Cc1sc2nc(CSc3nccn3-c3ccc(C(C)C)cc3)[nH]c(=O)c2c1C. The molecule has 28 heavy (non-hydrogen) atoms. The van der Waals surface area contributed by atoms with Gasteiger partial charge in [0, 0.05) is 23.0 Å². The van der Waals surface area contributed by atoms with Crippen molar-refractivity contribution in [3.63, 3.8) is 0 Å². The smallest absolute Gasteiger partial charge is 0.259 e. The highest BCUT2D eigenvalue weighted by Crippen LogP contribution is 2.28. The Bertz CT molecular complexity index is 1190. The van der Waals surface area contributed by atoms with Crippen molar-refractivity contribution in [2.75, 3.05) is 0 Å². The fraction of sp³-hybridized carbons (Fsp3) is 0.286. The zero-order chi connectivity index (χ0) is 19.8. The summed E-state index contributed by atoms with van der Waals surface area (Å²) in [5, 5.41) is 1.58. The highest BCUT2D eigenvalue weighted by atomic mass is 32.2. The van der Waals surface area contributed by atoms with Gasteiger partial charge in [-0.05, 0) is 43.0 Å². The van der Waals surface area contributed by atoms with Gasteiger partial charge in [0.25, 0.3) is 5.56 Å². The number of nitrogens with one attached hydrogen (secondary N) is 1. The fourth-order valence-corrected chi connectivity index (χ4v) is 5.01. The van der Waals surface area contributed by atoms with Crippen LogP contribution in [0.4, 0.5) is 0 Å². The molecule has 0 saturated heterocycles. The maximum absolute atomic E-state index is 12.5. The zero-order valence-electron chi connectivity index (χ0n) is 16.3. The number of hydrogen-bond acceptors (Lipinski definition) is 5.